The van der Waals surface area contributed by atoms with Crippen molar-refractivity contribution in [3.8, 4) is 12.3 Å². The van der Waals surface area contributed by atoms with E-state index in [1.54, 1.807) is 5.92 Å². The van der Waals surface area contributed by atoms with Crippen LogP contribution in [0.25, 0.3) is 0 Å². The van der Waals surface area contributed by atoms with Gasteiger partial charge in [0.1, 0.15) is 12.2 Å². The first kappa shape index (κ1) is 26.7. The molecule has 1 aliphatic rings. The van der Waals surface area contributed by atoms with E-state index in [0.717, 1.165) is 0 Å². The lowest BCUT2D eigenvalue weighted by molar-refractivity contribution is -0.0765. The molecule has 0 aliphatic carbocycles. The average molecular weight is 526 g/mol. The van der Waals surface area contributed by atoms with Crippen LogP contribution in [-0.4, -0.2) is 63.8 Å². The Labute approximate surface area is 175 Å². The number of nitrogens with one attached hydrogen (secondary N) is 1. The Morgan fingerprint density at radius 2 is 1.81 bits per heavy atom. The van der Waals surface area contributed by atoms with Crippen molar-refractivity contribution in [3.63, 3.8) is 0 Å². The fraction of sp³-hybridized carbons (Fsp3) is 0.455. The van der Waals surface area contributed by atoms with Gasteiger partial charge in [-0.1, -0.05) is 5.92 Å². The van der Waals surface area contributed by atoms with E-state index in [1.807, 2.05) is 0 Å². The minimum Gasteiger partial charge on any atom is -0.386 e. The van der Waals surface area contributed by atoms with Gasteiger partial charge >= 0.3 is 29.2 Å². The number of ether oxygens (including phenoxy) is 1. The summed E-state index contributed by atoms with van der Waals surface area (Å²) < 4.78 is 63.8. The molecule has 1 aromatic heterocycles. The highest BCUT2D eigenvalue weighted by atomic mass is 31.3. The summed E-state index contributed by atoms with van der Waals surface area (Å²) in [6.07, 6.45) is -0.679. The highest BCUT2D eigenvalue weighted by Gasteiger charge is 2.56. The molecular weight excluding hydrogens is 512 g/mol. The van der Waals surface area contributed by atoms with Crippen molar-refractivity contribution < 1.29 is 65.8 Å². The molecule has 7 N–H and O–H groups in total. The largest absolute Gasteiger partial charge is 0.490 e. The third kappa shape index (κ3) is 6.07. The van der Waals surface area contributed by atoms with Gasteiger partial charge < -0.3 is 34.5 Å². The smallest absolute Gasteiger partial charge is 0.386 e. The second-order valence-electron chi connectivity index (χ2n) is 5.97. The predicted molar refractivity (Wildman–Crippen MR) is 94.8 cm³/mol. The zero-order valence-electron chi connectivity index (χ0n) is 15.1. The Morgan fingerprint density at radius 1 is 1.22 bits per heavy atom. The van der Waals surface area contributed by atoms with Crippen molar-refractivity contribution in [2.45, 2.75) is 24.0 Å². The van der Waals surface area contributed by atoms with Crippen LogP contribution >= 0.6 is 23.5 Å². The number of terminal acetylenes is 1. The Bertz CT molecular complexity index is 1180. The van der Waals surface area contributed by atoms with Crippen LogP contribution in [0.15, 0.2) is 15.8 Å². The van der Waals surface area contributed by atoms with E-state index in [0.29, 0.717) is 6.20 Å². The molecule has 17 nitrogen and oxygen atoms in total. The number of aliphatic hydroxyl groups excluding tert-OH is 1. The van der Waals surface area contributed by atoms with E-state index in [2.05, 4.69) is 13.1 Å². The number of rotatable bonds is 8. The van der Waals surface area contributed by atoms with Gasteiger partial charge in [-0.05, 0) is 0 Å². The van der Waals surface area contributed by atoms with E-state index in [1.165, 1.54) is 4.98 Å². The number of H-pyrrole nitrogens is 1. The van der Waals surface area contributed by atoms with E-state index in [4.69, 9.17) is 25.8 Å². The van der Waals surface area contributed by atoms with Gasteiger partial charge in [0.2, 0.25) is 5.82 Å². The molecule has 0 bridgehead atoms. The molecule has 4 unspecified atom stereocenters. The van der Waals surface area contributed by atoms with E-state index < -0.39 is 71.2 Å². The van der Waals surface area contributed by atoms with Gasteiger partial charge in [0, 0.05) is 0 Å². The maximum absolute atomic E-state index is 13.6. The molecule has 2 heterocycles. The summed E-state index contributed by atoms with van der Waals surface area (Å²) >= 11 is 0. The Kier molecular flexibility index (Phi) is 7.52. The molecule has 2 rings (SSSR count). The minimum absolute atomic E-state index is 0.268. The Morgan fingerprint density at radius 3 is 2.34 bits per heavy atom. The molecule has 0 amide bonds. The van der Waals surface area contributed by atoms with Crippen LogP contribution in [0.5, 0.6) is 0 Å². The van der Waals surface area contributed by atoms with Crippen molar-refractivity contribution in [1.82, 2.24) is 9.55 Å². The average Bonchev–Trinajstić information content (AvgIpc) is 2.85. The number of phosphoric acid groups is 3. The lowest BCUT2D eigenvalue weighted by Crippen LogP contribution is -2.48. The third-order valence-corrected chi connectivity index (χ3v) is 7.51. The first-order chi connectivity index (χ1) is 14.4. The number of aromatic amines is 1. The summed E-state index contributed by atoms with van der Waals surface area (Å²) in [5.74, 6) is 0.187. The van der Waals surface area contributed by atoms with Crippen molar-refractivity contribution >= 4 is 23.5 Å². The lowest BCUT2D eigenvalue weighted by atomic mass is 9.95. The van der Waals surface area contributed by atoms with Crippen LogP contribution in [0.2, 0.25) is 0 Å². The molecule has 6 atom stereocenters. The minimum atomic E-state index is -5.83. The standard InChI is InChI=1S/C11H14FN2O15P3/c1-2-11(18)7(15)6(27-9(11)14-3-5(12)8(16)13-10(14)17)4-26-31(22,23)29-32(24,25)28-30(19,20)21/h1,3,6-7,9,15,18H,4H2,(H,22,23)(H,24,25)(H,13,16,17)(H2,19,20,21)/t6?,7-,9+,11?/m0/s1. The number of aromatic nitrogens is 2. The van der Waals surface area contributed by atoms with Gasteiger partial charge in [-0.15, -0.1) is 6.42 Å². The van der Waals surface area contributed by atoms with E-state index in [9.17, 15) is 42.8 Å². The van der Waals surface area contributed by atoms with Crippen LogP contribution in [0.4, 0.5) is 4.39 Å². The third-order valence-electron chi connectivity index (χ3n) is 3.71. The molecule has 32 heavy (non-hydrogen) atoms. The summed E-state index contributed by atoms with van der Waals surface area (Å²) in [7, 11) is -17.1. The van der Waals surface area contributed by atoms with E-state index in [-0.39, 0.29) is 4.57 Å². The normalized spacial score (nSPS) is 29.8. The monoisotopic (exact) mass is 526 g/mol. The molecule has 1 aliphatic heterocycles. The van der Waals surface area contributed by atoms with Crippen molar-refractivity contribution in [2.75, 3.05) is 6.61 Å². The summed E-state index contributed by atoms with van der Waals surface area (Å²) in [6.45, 7) is -1.24. The second-order valence-corrected chi connectivity index (χ2v) is 10.4. The summed E-state index contributed by atoms with van der Waals surface area (Å²) in [5, 5.41) is 20.7. The first-order valence-electron chi connectivity index (χ1n) is 7.74. The van der Waals surface area contributed by atoms with Gasteiger partial charge in [0.25, 0.3) is 5.56 Å². The summed E-state index contributed by atoms with van der Waals surface area (Å²) in [4.78, 5) is 60.0. The number of phosphoric ester groups is 1. The Hall–Kier alpha value is -1.54. The molecule has 180 valence electrons. The molecule has 21 heteroatoms. The zero-order chi connectivity index (χ0) is 24.7. The quantitative estimate of drug-likeness (QED) is 0.138. The summed E-state index contributed by atoms with van der Waals surface area (Å²) in [5.41, 5.74) is -5.52. The van der Waals surface area contributed by atoms with Crippen LogP contribution in [0.1, 0.15) is 6.23 Å². The molecule has 0 aromatic carbocycles. The molecule has 1 saturated heterocycles. The van der Waals surface area contributed by atoms with Crippen molar-refractivity contribution in [3.05, 3.63) is 32.9 Å². The molecule has 1 fully saturated rings. The van der Waals surface area contributed by atoms with Crippen molar-refractivity contribution in [2.24, 2.45) is 0 Å². The lowest BCUT2D eigenvalue weighted by Gasteiger charge is -2.26. The van der Waals surface area contributed by atoms with Crippen molar-refractivity contribution in [1.29, 1.82) is 0 Å². The highest BCUT2D eigenvalue weighted by molar-refractivity contribution is 7.66. The SMILES string of the molecule is C#CC1(O)[C@@H](O)C(COP(=O)(O)OP(=O)(O)OP(=O)(O)O)O[C@H]1n1cc(F)c(=O)[nH]c1=O. The number of nitrogens with zero attached hydrogens (tertiary/aromatic N) is 1. The van der Waals surface area contributed by atoms with Crippen LogP contribution in [0, 0.1) is 18.2 Å². The number of hydrogen-bond donors (Lipinski definition) is 7. The molecule has 0 radical (unpaired) electrons. The van der Waals surface area contributed by atoms with Gasteiger partial charge in [-0.25, -0.2) is 18.5 Å². The van der Waals surface area contributed by atoms with Gasteiger partial charge in [0.15, 0.2) is 11.8 Å². The van der Waals surface area contributed by atoms with Gasteiger partial charge in [-0.3, -0.25) is 18.9 Å². The maximum atomic E-state index is 13.6. The molecular formula is C11H14FN2O15P3. The topological polar surface area (TPSA) is 264 Å². The zero-order valence-corrected chi connectivity index (χ0v) is 17.8. The Balaban J connectivity index is 2.23. The van der Waals surface area contributed by atoms with Crippen LogP contribution in [0.3, 0.4) is 0 Å². The van der Waals surface area contributed by atoms with Crippen LogP contribution in [-0.2, 0) is 31.6 Å². The van der Waals surface area contributed by atoms with Gasteiger partial charge in [-0.2, -0.15) is 13.0 Å². The molecule has 1 aromatic rings. The fourth-order valence-electron chi connectivity index (χ4n) is 2.44. The number of hydrogen-bond acceptors (Lipinski definition) is 11. The van der Waals surface area contributed by atoms with E-state index >= 15 is 0 Å². The summed E-state index contributed by atoms with van der Waals surface area (Å²) in [6, 6.07) is 0. The van der Waals surface area contributed by atoms with Crippen LogP contribution < -0.4 is 11.2 Å². The van der Waals surface area contributed by atoms with Gasteiger partial charge in [0.05, 0.1) is 12.8 Å². The molecule has 0 spiro atoms. The molecule has 0 saturated carbocycles. The number of halogens is 1. The predicted octanol–water partition coefficient (Wildman–Crippen LogP) is -2.36. The first-order valence-corrected chi connectivity index (χ1v) is 12.3. The highest BCUT2D eigenvalue weighted by Crippen LogP contribution is 2.66. The maximum Gasteiger partial charge on any atom is 0.490 e. The number of aliphatic hydroxyl groups is 2. The second kappa shape index (κ2) is 9.01. The fourth-order valence-corrected chi connectivity index (χ4v) is 5.47.